The van der Waals surface area contributed by atoms with Crippen LogP contribution in [0.25, 0.3) is 5.69 Å². The second kappa shape index (κ2) is 6.91. The summed E-state index contributed by atoms with van der Waals surface area (Å²) in [4.78, 5) is 14.5. The molecule has 1 saturated carbocycles. The minimum Gasteiger partial charge on any atom is -0.396 e. The van der Waals surface area contributed by atoms with E-state index < -0.39 is 0 Å². The molecule has 0 aliphatic heterocycles. The molecule has 3 rings (SSSR count). The lowest BCUT2D eigenvalue weighted by molar-refractivity contribution is 0.0653. The van der Waals surface area contributed by atoms with Crippen molar-refractivity contribution in [3.05, 3.63) is 42.2 Å². The molecule has 1 aliphatic carbocycles. The predicted octanol–water partition coefficient (Wildman–Crippen LogP) is 1.89. The Bertz CT molecular complexity index is 631. The van der Waals surface area contributed by atoms with Gasteiger partial charge in [-0.1, -0.05) is 5.21 Å². The van der Waals surface area contributed by atoms with Gasteiger partial charge < -0.3 is 10.0 Å². The van der Waals surface area contributed by atoms with E-state index in [1.165, 1.54) is 0 Å². The van der Waals surface area contributed by atoms with E-state index in [0.29, 0.717) is 11.5 Å². The lowest BCUT2D eigenvalue weighted by Crippen LogP contribution is -2.39. The molecule has 6 nitrogen and oxygen atoms in total. The van der Waals surface area contributed by atoms with E-state index in [4.69, 9.17) is 0 Å². The zero-order valence-electron chi connectivity index (χ0n) is 13.3. The van der Waals surface area contributed by atoms with Gasteiger partial charge in [0.05, 0.1) is 18.1 Å². The van der Waals surface area contributed by atoms with Crippen LogP contribution in [0.2, 0.25) is 0 Å². The SMILES string of the molecule is CN(C(=O)c1ccc(-n2ccnn2)cc1)C1CCC(CO)CC1. The monoisotopic (exact) mass is 314 g/mol. The van der Waals surface area contributed by atoms with Gasteiger partial charge in [-0.15, -0.1) is 5.10 Å². The number of rotatable bonds is 4. The van der Waals surface area contributed by atoms with Crippen molar-refractivity contribution in [3.8, 4) is 5.69 Å². The number of carbonyl (C=O) groups is 1. The van der Waals surface area contributed by atoms with E-state index >= 15 is 0 Å². The average molecular weight is 314 g/mol. The molecule has 6 heteroatoms. The smallest absolute Gasteiger partial charge is 0.253 e. The maximum absolute atomic E-state index is 12.6. The minimum atomic E-state index is 0.0441. The topological polar surface area (TPSA) is 71.2 Å². The van der Waals surface area contributed by atoms with E-state index in [1.807, 2.05) is 36.2 Å². The maximum atomic E-state index is 12.6. The first kappa shape index (κ1) is 15.7. The summed E-state index contributed by atoms with van der Waals surface area (Å²) >= 11 is 0. The van der Waals surface area contributed by atoms with Crippen molar-refractivity contribution in [1.29, 1.82) is 0 Å². The molecule has 0 atom stereocenters. The van der Waals surface area contributed by atoms with Crippen molar-refractivity contribution in [2.24, 2.45) is 5.92 Å². The molecule has 1 aliphatic rings. The van der Waals surface area contributed by atoms with Crippen LogP contribution < -0.4 is 0 Å². The van der Waals surface area contributed by atoms with Crippen LogP contribution in [-0.2, 0) is 0 Å². The zero-order valence-corrected chi connectivity index (χ0v) is 13.3. The molecule has 1 aromatic heterocycles. The van der Waals surface area contributed by atoms with Crippen LogP contribution in [0.3, 0.4) is 0 Å². The molecule has 1 aromatic carbocycles. The van der Waals surface area contributed by atoms with Gasteiger partial charge in [0.15, 0.2) is 0 Å². The first-order chi connectivity index (χ1) is 11.2. The van der Waals surface area contributed by atoms with E-state index in [-0.39, 0.29) is 18.6 Å². The Hall–Kier alpha value is -2.21. The van der Waals surface area contributed by atoms with Crippen molar-refractivity contribution < 1.29 is 9.90 Å². The Morgan fingerprint density at radius 1 is 1.26 bits per heavy atom. The van der Waals surface area contributed by atoms with Crippen LogP contribution >= 0.6 is 0 Å². The number of carbonyl (C=O) groups excluding carboxylic acids is 1. The molecule has 0 spiro atoms. The summed E-state index contributed by atoms with van der Waals surface area (Å²) in [6, 6.07) is 7.67. The molecule has 0 saturated heterocycles. The number of hydrogen-bond acceptors (Lipinski definition) is 4. The second-order valence-corrected chi connectivity index (χ2v) is 6.17. The minimum absolute atomic E-state index is 0.0441. The van der Waals surface area contributed by atoms with Crippen LogP contribution in [0.5, 0.6) is 0 Å². The fourth-order valence-electron chi connectivity index (χ4n) is 3.19. The Labute approximate surface area is 135 Å². The van der Waals surface area contributed by atoms with E-state index in [2.05, 4.69) is 10.3 Å². The van der Waals surface area contributed by atoms with Gasteiger partial charge in [-0.2, -0.15) is 0 Å². The number of benzene rings is 1. The van der Waals surface area contributed by atoms with Crippen molar-refractivity contribution >= 4 is 5.91 Å². The molecule has 1 fully saturated rings. The van der Waals surface area contributed by atoms with Gasteiger partial charge in [-0.25, -0.2) is 4.68 Å². The lowest BCUT2D eigenvalue weighted by atomic mass is 9.86. The largest absolute Gasteiger partial charge is 0.396 e. The number of aliphatic hydroxyl groups is 1. The summed E-state index contributed by atoms with van der Waals surface area (Å²) in [6.45, 7) is 0.258. The molecule has 23 heavy (non-hydrogen) atoms. The van der Waals surface area contributed by atoms with Crippen LogP contribution in [0.15, 0.2) is 36.7 Å². The van der Waals surface area contributed by atoms with Gasteiger partial charge in [-0.3, -0.25) is 4.79 Å². The molecule has 0 unspecified atom stereocenters. The third-order valence-corrected chi connectivity index (χ3v) is 4.74. The summed E-state index contributed by atoms with van der Waals surface area (Å²) in [5.74, 6) is 0.444. The van der Waals surface area contributed by atoms with Gasteiger partial charge in [0.2, 0.25) is 0 Å². The normalized spacial score (nSPS) is 21.1. The Balaban J connectivity index is 1.65. The first-order valence-corrected chi connectivity index (χ1v) is 8.04. The van der Waals surface area contributed by atoms with E-state index in [9.17, 15) is 9.90 Å². The van der Waals surface area contributed by atoms with E-state index in [1.54, 1.807) is 17.1 Å². The second-order valence-electron chi connectivity index (χ2n) is 6.17. The van der Waals surface area contributed by atoms with Crippen molar-refractivity contribution in [1.82, 2.24) is 19.9 Å². The standard InChI is InChI=1S/C17H22N4O2/c1-20(15-6-2-13(12-22)3-7-15)17(23)14-4-8-16(9-5-14)21-11-10-18-19-21/h4-5,8-11,13,15,22H,2-3,6-7,12H2,1H3. The van der Waals surface area contributed by atoms with Crippen molar-refractivity contribution in [2.45, 2.75) is 31.7 Å². The summed E-state index contributed by atoms with van der Waals surface area (Å²) in [5, 5.41) is 16.9. The number of nitrogens with zero attached hydrogens (tertiary/aromatic N) is 4. The molecule has 1 heterocycles. The zero-order chi connectivity index (χ0) is 16.2. The number of hydrogen-bond donors (Lipinski definition) is 1. The Morgan fingerprint density at radius 3 is 2.52 bits per heavy atom. The summed E-state index contributed by atoms with van der Waals surface area (Å²) in [6.07, 6.45) is 7.29. The fraction of sp³-hybridized carbons (Fsp3) is 0.471. The maximum Gasteiger partial charge on any atom is 0.253 e. The quantitative estimate of drug-likeness (QED) is 0.935. The molecule has 0 radical (unpaired) electrons. The third-order valence-electron chi connectivity index (χ3n) is 4.74. The average Bonchev–Trinajstić information content (AvgIpc) is 3.15. The number of aliphatic hydroxyl groups excluding tert-OH is 1. The molecule has 1 N–H and O–H groups in total. The lowest BCUT2D eigenvalue weighted by Gasteiger charge is -2.34. The highest BCUT2D eigenvalue weighted by atomic mass is 16.3. The van der Waals surface area contributed by atoms with Crippen molar-refractivity contribution in [3.63, 3.8) is 0 Å². The molecular formula is C17H22N4O2. The van der Waals surface area contributed by atoms with Crippen LogP contribution in [0.1, 0.15) is 36.0 Å². The molecule has 122 valence electrons. The highest BCUT2D eigenvalue weighted by molar-refractivity contribution is 5.94. The summed E-state index contributed by atoms with van der Waals surface area (Å²) in [7, 11) is 1.87. The van der Waals surface area contributed by atoms with E-state index in [0.717, 1.165) is 31.4 Å². The van der Waals surface area contributed by atoms with Gasteiger partial charge >= 0.3 is 0 Å². The highest BCUT2D eigenvalue weighted by Crippen LogP contribution is 2.27. The van der Waals surface area contributed by atoms with Crippen LogP contribution in [-0.4, -0.2) is 50.6 Å². The predicted molar refractivity (Wildman–Crippen MR) is 86.3 cm³/mol. The van der Waals surface area contributed by atoms with Crippen LogP contribution in [0, 0.1) is 5.92 Å². The summed E-state index contributed by atoms with van der Waals surface area (Å²) < 4.78 is 1.66. The van der Waals surface area contributed by atoms with Gasteiger partial charge in [0.1, 0.15) is 0 Å². The van der Waals surface area contributed by atoms with Crippen molar-refractivity contribution in [2.75, 3.05) is 13.7 Å². The third kappa shape index (κ3) is 3.42. The van der Waals surface area contributed by atoms with Gasteiger partial charge in [0.25, 0.3) is 5.91 Å². The molecule has 2 aromatic rings. The Morgan fingerprint density at radius 2 is 1.96 bits per heavy atom. The molecule has 0 bridgehead atoms. The fourth-order valence-corrected chi connectivity index (χ4v) is 3.19. The highest BCUT2D eigenvalue weighted by Gasteiger charge is 2.26. The van der Waals surface area contributed by atoms with Gasteiger partial charge in [0, 0.05) is 25.3 Å². The summed E-state index contributed by atoms with van der Waals surface area (Å²) in [5.41, 5.74) is 1.56. The first-order valence-electron chi connectivity index (χ1n) is 8.04. The number of aromatic nitrogens is 3. The molecule has 1 amide bonds. The molecular weight excluding hydrogens is 292 g/mol. The Kier molecular flexibility index (Phi) is 4.71. The van der Waals surface area contributed by atoms with Crippen LogP contribution in [0.4, 0.5) is 0 Å². The number of amides is 1. The van der Waals surface area contributed by atoms with Gasteiger partial charge in [-0.05, 0) is 55.9 Å².